The summed E-state index contributed by atoms with van der Waals surface area (Å²) >= 11 is 0. The molecule has 20 heavy (non-hydrogen) atoms. The minimum atomic E-state index is -1.21. The smallest absolute Gasteiger partial charge is 0.308 e. The van der Waals surface area contributed by atoms with E-state index in [1.807, 2.05) is 0 Å². The number of rotatable bonds is 5. The predicted molar refractivity (Wildman–Crippen MR) is 69.5 cm³/mol. The lowest BCUT2D eigenvalue weighted by Gasteiger charge is -2.17. The van der Waals surface area contributed by atoms with Gasteiger partial charge in [-0.15, -0.1) is 0 Å². The molecule has 0 amide bonds. The third-order valence-electron chi connectivity index (χ3n) is 2.94. The number of methoxy groups -OCH3 is 1. The largest absolute Gasteiger partial charge is 0.469 e. The van der Waals surface area contributed by atoms with Crippen molar-refractivity contribution in [3.8, 4) is 11.3 Å². The molecule has 0 aliphatic heterocycles. The van der Waals surface area contributed by atoms with Gasteiger partial charge in [0.15, 0.2) is 5.76 Å². The summed E-state index contributed by atoms with van der Waals surface area (Å²) in [5.74, 6) is 0.0379. The van der Waals surface area contributed by atoms with Crippen LogP contribution in [0.3, 0.4) is 0 Å². The molecule has 2 N–H and O–H groups in total. The molecule has 1 aromatic heterocycles. The molecule has 2 atom stereocenters. The quantitative estimate of drug-likeness (QED) is 0.800. The number of carbonyl (C=O) groups is 1. The molecular formula is C14H15NO5. The van der Waals surface area contributed by atoms with Crippen LogP contribution in [0.2, 0.25) is 0 Å². The van der Waals surface area contributed by atoms with E-state index in [1.165, 1.54) is 13.3 Å². The summed E-state index contributed by atoms with van der Waals surface area (Å²) in [6, 6.07) is 8.51. The predicted octanol–water partition coefficient (Wildman–Crippen LogP) is 1.30. The van der Waals surface area contributed by atoms with Gasteiger partial charge in [0.1, 0.15) is 6.10 Å². The number of benzene rings is 1. The van der Waals surface area contributed by atoms with E-state index in [9.17, 15) is 15.0 Å². The van der Waals surface area contributed by atoms with Crippen LogP contribution in [0, 0.1) is 0 Å². The second kappa shape index (κ2) is 6.31. The van der Waals surface area contributed by atoms with Crippen LogP contribution in [0.1, 0.15) is 18.1 Å². The number of aromatic nitrogens is 1. The first-order valence-electron chi connectivity index (χ1n) is 6.05. The van der Waals surface area contributed by atoms with Gasteiger partial charge in [0, 0.05) is 11.6 Å². The summed E-state index contributed by atoms with van der Waals surface area (Å²) in [4.78, 5) is 11.1. The van der Waals surface area contributed by atoms with Crippen LogP contribution in [0.4, 0.5) is 0 Å². The van der Waals surface area contributed by atoms with Crippen molar-refractivity contribution in [1.82, 2.24) is 5.16 Å². The van der Waals surface area contributed by atoms with Crippen molar-refractivity contribution in [2.24, 2.45) is 0 Å². The van der Waals surface area contributed by atoms with Gasteiger partial charge in [-0.3, -0.25) is 4.79 Å². The standard InChI is InChI=1S/C14H15NO5/c1-19-13(17)8-11(16)14(18)10-4-2-9(3-5-10)12-6-7-15-20-12/h2-7,11,14,16,18H,8H2,1H3. The molecule has 0 aliphatic carbocycles. The topological polar surface area (TPSA) is 92.8 Å². The number of hydrogen-bond acceptors (Lipinski definition) is 6. The first kappa shape index (κ1) is 14.2. The zero-order chi connectivity index (χ0) is 14.5. The highest BCUT2D eigenvalue weighted by molar-refractivity contribution is 5.69. The number of aliphatic hydroxyl groups excluding tert-OH is 2. The van der Waals surface area contributed by atoms with Crippen molar-refractivity contribution in [2.75, 3.05) is 7.11 Å². The number of ether oxygens (including phenoxy) is 1. The summed E-state index contributed by atoms with van der Waals surface area (Å²) in [6.45, 7) is 0. The highest BCUT2D eigenvalue weighted by atomic mass is 16.5. The van der Waals surface area contributed by atoms with Gasteiger partial charge in [-0.05, 0) is 5.56 Å². The average molecular weight is 277 g/mol. The van der Waals surface area contributed by atoms with Gasteiger partial charge in [-0.1, -0.05) is 29.4 Å². The van der Waals surface area contributed by atoms with Gasteiger partial charge >= 0.3 is 5.97 Å². The molecule has 0 saturated carbocycles. The van der Waals surface area contributed by atoms with Crippen molar-refractivity contribution in [2.45, 2.75) is 18.6 Å². The van der Waals surface area contributed by atoms with E-state index in [1.54, 1.807) is 30.3 Å². The Morgan fingerprint density at radius 2 is 2.00 bits per heavy atom. The molecule has 0 radical (unpaired) electrons. The van der Waals surface area contributed by atoms with Gasteiger partial charge in [0.2, 0.25) is 0 Å². The van der Waals surface area contributed by atoms with Crippen LogP contribution in [0.25, 0.3) is 11.3 Å². The minimum Gasteiger partial charge on any atom is -0.469 e. The summed E-state index contributed by atoms with van der Waals surface area (Å²) in [5, 5.41) is 23.3. The SMILES string of the molecule is COC(=O)CC(O)C(O)c1ccc(-c2ccno2)cc1. The molecule has 0 spiro atoms. The number of carbonyl (C=O) groups excluding carboxylic acids is 1. The van der Waals surface area contributed by atoms with Crippen LogP contribution < -0.4 is 0 Å². The molecule has 2 aromatic rings. The Hall–Kier alpha value is -2.18. The lowest BCUT2D eigenvalue weighted by Crippen LogP contribution is -2.22. The Kier molecular flexibility index (Phi) is 4.49. The lowest BCUT2D eigenvalue weighted by molar-refractivity contribution is -0.144. The number of aliphatic hydroxyl groups is 2. The number of hydrogen-bond donors (Lipinski definition) is 2. The maximum atomic E-state index is 11.1. The molecule has 2 unspecified atom stereocenters. The fourth-order valence-electron chi connectivity index (χ4n) is 1.80. The number of esters is 1. The van der Waals surface area contributed by atoms with Gasteiger partial charge < -0.3 is 19.5 Å². The minimum absolute atomic E-state index is 0.262. The first-order valence-corrected chi connectivity index (χ1v) is 6.05. The van der Waals surface area contributed by atoms with Gasteiger partial charge in [-0.25, -0.2) is 0 Å². The van der Waals surface area contributed by atoms with E-state index in [-0.39, 0.29) is 6.42 Å². The summed E-state index contributed by atoms with van der Waals surface area (Å²) in [5.41, 5.74) is 1.31. The molecule has 6 nitrogen and oxygen atoms in total. The molecule has 1 heterocycles. The second-order valence-electron chi connectivity index (χ2n) is 4.29. The Labute approximate surface area is 115 Å². The van der Waals surface area contributed by atoms with Crippen LogP contribution in [-0.4, -0.2) is 34.6 Å². The van der Waals surface area contributed by atoms with Gasteiger partial charge in [0.05, 0.1) is 25.8 Å². The van der Waals surface area contributed by atoms with Crippen LogP contribution >= 0.6 is 0 Å². The summed E-state index contributed by atoms with van der Waals surface area (Å²) < 4.78 is 9.46. The molecule has 6 heteroatoms. The van der Waals surface area contributed by atoms with Crippen LogP contribution in [0.5, 0.6) is 0 Å². The van der Waals surface area contributed by atoms with E-state index < -0.39 is 18.2 Å². The fourth-order valence-corrected chi connectivity index (χ4v) is 1.80. The Balaban J connectivity index is 2.07. The second-order valence-corrected chi connectivity index (χ2v) is 4.29. The number of nitrogens with zero attached hydrogens (tertiary/aromatic N) is 1. The summed E-state index contributed by atoms with van der Waals surface area (Å²) in [7, 11) is 1.23. The van der Waals surface area contributed by atoms with Crippen molar-refractivity contribution < 1.29 is 24.3 Å². The molecular weight excluding hydrogens is 262 g/mol. The monoisotopic (exact) mass is 277 g/mol. The highest BCUT2D eigenvalue weighted by Crippen LogP contribution is 2.24. The zero-order valence-corrected chi connectivity index (χ0v) is 10.9. The van der Waals surface area contributed by atoms with Crippen LogP contribution in [-0.2, 0) is 9.53 Å². The van der Waals surface area contributed by atoms with Crippen LogP contribution in [0.15, 0.2) is 41.1 Å². The van der Waals surface area contributed by atoms with Gasteiger partial charge in [0.25, 0.3) is 0 Å². The molecule has 0 fully saturated rings. The van der Waals surface area contributed by atoms with Gasteiger partial charge in [-0.2, -0.15) is 0 Å². The zero-order valence-electron chi connectivity index (χ0n) is 10.9. The Bertz CT molecular complexity index is 549. The Morgan fingerprint density at radius 3 is 2.55 bits per heavy atom. The van der Waals surface area contributed by atoms with Crippen molar-refractivity contribution in [3.05, 3.63) is 42.1 Å². The Morgan fingerprint density at radius 1 is 1.30 bits per heavy atom. The van der Waals surface area contributed by atoms with Crippen molar-refractivity contribution in [1.29, 1.82) is 0 Å². The van der Waals surface area contributed by atoms with Crippen molar-refractivity contribution >= 4 is 5.97 Å². The molecule has 106 valence electrons. The van der Waals surface area contributed by atoms with E-state index in [0.717, 1.165) is 5.56 Å². The maximum Gasteiger partial charge on any atom is 0.308 e. The van der Waals surface area contributed by atoms with E-state index in [4.69, 9.17) is 4.52 Å². The molecule has 1 aromatic carbocycles. The van der Waals surface area contributed by atoms with E-state index >= 15 is 0 Å². The average Bonchev–Trinajstić information content (AvgIpc) is 3.00. The molecule has 0 bridgehead atoms. The molecule has 2 rings (SSSR count). The van der Waals surface area contributed by atoms with E-state index in [2.05, 4.69) is 9.89 Å². The lowest BCUT2D eigenvalue weighted by atomic mass is 10.0. The van der Waals surface area contributed by atoms with Crippen molar-refractivity contribution in [3.63, 3.8) is 0 Å². The van der Waals surface area contributed by atoms with E-state index in [0.29, 0.717) is 11.3 Å². The third kappa shape index (κ3) is 3.23. The third-order valence-corrected chi connectivity index (χ3v) is 2.94. The fraction of sp³-hybridized carbons (Fsp3) is 0.286. The highest BCUT2D eigenvalue weighted by Gasteiger charge is 2.21. The molecule has 0 aliphatic rings. The summed E-state index contributed by atoms with van der Waals surface area (Å²) in [6.07, 6.45) is -1.09. The maximum absolute atomic E-state index is 11.1. The normalized spacial score (nSPS) is 13.8. The molecule has 0 saturated heterocycles. The first-order chi connectivity index (χ1) is 9.61.